The molecule has 15 heavy (non-hydrogen) atoms. The van der Waals surface area contributed by atoms with Crippen LogP contribution in [0.3, 0.4) is 0 Å². The fourth-order valence-corrected chi connectivity index (χ4v) is 3.58. The first-order chi connectivity index (χ1) is 7.42. The Kier molecular flexibility index (Phi) is 4.21. The summed E-state index contributed by atoms with van der Waals surface area (Å²) < 4.78 is 0. The molecule has 0 aliphatic heterocycles. The number of hydrogen-bond donors (Lipinski definition) is 1. The van der Waals surface area contributed by atoms with Crippen LogP contribution in [-0.4, -0.2) is 13.1 Å². The van der Waals surface area contributed by atoms with Gasteiger partial charge in [-0.1, -0.05) is 25.8 Å². The maximum atomic E-state index is 3.52. The highest BCUT2D eigenvalue weighted by atomic mass is 32.1. The van der Waals surface area contributed by atoms with Crippen molar-refractivity contribution in [2.45, 2.75) is 38.5 Å². The second-order valence-corrected chi connectivity index (χ2v) is 5.45. The van der Waals surface area contributed by atoms with Crippen molar-refractivity contribution in [2.75, 3.05) is 13.1 Å². The highest BCUT2D eigenvalue weighted by Crippen LogP contribution is 2.38. The Morgan fingerprint density at radius 2 is 2.27 bits per heavy atom. The largest absolute Gasteiger partial charge is 0.316 e. The van der Waals surface area contributed by atoms with E-state index in [1.54, 1.807) is 4.88 Å². The maximum absolute atomic E-state index is 3.52. The molecule has 1 aliphatic rings. The van der Waals surface area contributed by atoms with Crippen LogP contribution in [0, 0.1) is 5.92 Å². The lowest BCUT2D eigenvalue weighted by Gasteiger charge is -2.22. The predicted octanol–water partition coefficient (Wildman–Crippen LogP) is 3.63. The van der Waals surface area contributed by atoms with Gasteiger partial charge in [0.2, 0.25) is 0 Å². The van der Waals surface area contributed by atoms with Crippen molar-refractivity contribution >= 4 is 11.3 Å². The average Bonchev–Trinajstić information content (AvgIpc) is 2.90. The van der Waals surface area contributed by atoms with Crippen molar-refractivity contribution in [1.29, 1.82) is 0 Å². The summed E-state index contributed by atoms with van der Waals surface area (Å²) in [5, 5.41) is 5.73. The molecule has 1 aromatic heterocycles. The molecule has 0 bridgehead atoms. The lowest BCUT2D eigenvalue weighted by molar-refractivity contribution is 0.419. The van der Waals surface area contributed by atoms with Crippen molar-refractivity contribution < 1.29 is 0 Å². The van der Waals surface area contributed by atoms with Gasteiger partial charge >= 0.3 is 0 Å². The Balaban J connectivity index is 2.01. The fourth-order valence-electron chi connectivity index (χ4n) is 2.66. The second-order valence-electron chi connectivity index (χ2n) is 4.47. The number of thiophene rings is 1. The van der Waals surface area contributed by atoms with E-state index in [4.69, 9.17) is 0 Å². The number of nitrogens with one attached hydrogen (secondary N) is 1. The van der Waals surface area contributed by atoms with Gasteiger partial charge in [-0.05, 0) is 36.8 Å². The van der Waals surface area contributed by atoms with Gasteiger partial charge in [0.25, 0.3) is 0 Å². The standard InChI is InChI=1S/C13H21NS/c1-2-14-10-12(11-6-3-4-7-11)13-8-5-9-15-13/h5,8-9,11-12,14H,2-4,6-7,10H2,1H3. The molecular formula is C13H21NS. The van der Waals surface area contributed by atoms with Crippen LogP contribution >= 0.6 is 11.3 Å². The molecule has 1 heterocycles. The predicted molar refractivity (Wildman–Crippen MR) is 67.6 cm³/mol. The van der Waals surface area contributed by atoms with Crippen LogP contribution in [0.1, 0.15) is 43.4 Å². The molecule has 1 N–H and O–H groups in total. The summed E-state index contributed by atoms with van der Waals surface area (Å²) in [6.07, 6.45) is 5.76. The van der Waals surface area contributed by atoms with Crippen LogP contribution in [0.4, 0.5) is 0 Å². The zero-order valence-corrected chi connectivity index (χ0v) is 10.4. The molecule has 0 amide bonds. The normalized spacial score (nSPS) is 19.5. The molecule has 84 valence electrons. The zero-order valence-electron chi connectivity index (χ0n) is 9.54. The Labute approximate surface area is 96.9 Å². The minimum atomic E-state index is 0.771. The van der Waals surface area contributed by atoms with E-state index in [0.717, 1.165) is 18.4 Å². The Bertz CT molecular complexity index is 262. The van der Waals surface area contributed by atoms with Gasteiger partial charge in [0.05, 0.1) is 0 Å². The van der Waals surface area contributed by atoms with Crippen LogP contribution in [0.2, 0.25) is 0 Å². The van der Waals surface area contributed by atoms with Crippen molar-refractivity contribution in [3.8, 4) is 0 Å². The maximum Gasteiger partial charge on any atom is 0.00916 e. The van der Waals surface area contributed by atoms with Gasteiger partial charge < -0.3 is 5.32 Å². The molecule has 1 fully saturated rings. The van der Waals surface area contributed by atoms with Crippen LogP contribution < -0.4 is 5.32 Å². The highest BCUT2D eigenvalue weighted by molar-refractivity contribution is 7.10. The molecule has 1 unspecified atom stereocenters. The van der Waals surface area contributed by atoms with Crippen LogP contribution in [0.15, 0.2) is 17.5 Å². The third-order valence-electron chi connectivity index (χ3n) is 3.49. The second kappa shape index (κ2) is 5.66. The van der Waals surface area contributed by atoms with Crippen molar-refractivity contribution in [3.05, 3.63) is 22.4 Å². The minimum Gasteiger partial charge on any atom is -0.316 e. The van der Waals surface area contributed by atoms with E-state index in [2.05, 4.69) is 29.8 Å². The van der Waals surface area contributed by atoms with Gasteiger partial charge in [-0.3, -0.25) is 0 Å². The summed E-state index contributed by atoms with van der Waals surface area (Å²) in [5.74, 6) is 1.70. The summed E-state index contributed by atoms with van der Waals surface area (Å²) in [6, 6.07) is 4.50. The van der Waals surface area contributed by atoms with Crippen molar-refractivity contribution in [1.82, 2.24) is 5.32 Å². The molecule has 1 atom stereocenters. The molecule has 0 spiro atoms. The molecule has 0 aromatic carbocycles. The van der Waals surface area contributed by atoms with Gasteiger partial charge in [0, 0.05) is 17.3 Å². The number of rotatable bonds is 5. The van der Waals surface area contributed by atoms with Crippen molar-refractivity contribution in [3.63, 3.8) is 0 Å². The first-order valence-electron chi connectivity index (χ1n) is 6.16. The van der Waals surface area contributed by atoms with E-state index in [-0.39, 0.29) is 0 Å². The first-order valence-corrected chi connectivity index (χ1v) is 7.04. The van der Waals surface area contributed by atoms with Crippen LogP contribution in [-0.2, 0) is 0 Å². The smallest absolute Gasteiger partial charge is 0.00916 e. The summed E-state index contributed by atoms with van der Waals surface area (Å²) in [6.45, 7) is 4.45. The molecule has 1 aromatic rings. The molecule has 1 aliphatic carbocycles. The lowest BCUT2D eigenvalue weighted by Crippen LogP contribution is -2.25. The average molecular weight is 223 g/mol. The Hall–Kier alpha value is -0.340. The third kappa shape index (κ3) is 2.82. The van der Waals surface area contributed by atoms with Crippen LogP contribution in [0.25, 0.3) is 0 Å². The Morgan fingerprint density at radius 3 is 2.87 bits per heavy atom. The molecule has 0 radical (unpaired) electrons. The SMILES string of the molecule is CCNCC(c1cccs1)C1CCCC1. The van der Waals surface area contributed by atoms with Gasteiger partial charge in [-0.25, -0.2) is 0 Å². The Morgan fingerprint density at radius 1 is 1.47 bits per heavy atom. The molecule has 0 saturated heterocycles. The highest BCUT2D eigenvalue weighted by Gasteiger charge is 2.26. The van der Waals surface area contributed by atoms with E-state index in [9.17, 15) is 0 Å². The zero-order chi connectivity index (χ0) is 10.5. The molecule has 1 nitrogen and oxygen atoms in total. The summed E-state index contributed by atoms with van der Waals surface area (Å²) in [5.41, 5.74) is 0. The summed E-state index contributed by atoms with van der Waals surface area (Å²) in [4.78, 5) is 1.59. The molecule has 2 rings (SSSR count). The molecular weight excluding hydrogens is 202 g/mol. The number of likely N-dealkylation sites (N-methyl/N-ethyl adjacent to an activating group) is 1. The monoisotopic (exact) mass is 223 g/mol. The van der Waals surface area contributed by atoms with Gasteiger partial charge in [0.1, 0.15) is 0 Å². The quantitative estimate of drug-likeness (QED) is 0.803. The fraction of sp³-hybridized carbons (Fsp3) is 0.692. The third-order valence-corrected chi connectivity index (χ3v) is 4.50. The summed E-state index contributed by atoms with van der Waals surface area (Å²) in [7, 11) is 0. The lowest BCUT2D eigenvalue weighted by atomic mass is 9.89. The topological polar surface area (TPSA) is 12.0 Å². The van der Waals surface area contributed by atoms with Gasteiger partial charge in [-0.15, -0.1) is 11.3 Å². The van der Waals surface area contributed by atoms with E-state index < -0.39 is 0 Å². The van der Waals surface area contributed by atoms with E-state index in [1.807, 2.05) is 11.3 Å². The number of hydrogen-bond acceptors (Lipinski definition) is 2. The summed E-state index contributed by atoms with van der Waals surface area (Å²) >= 11 is 1.93. The van der Waals surface area contributed by atoms with Crippen molar-refractivity contribution in [2.24, 2.45) is 5.92 Å². The molecule has 2 heteroatoms. The minimum absolute atomic E-state index is 0.771. The van der Waals surface area contributed by atoms with E-state index in [0.29, 0.717) is 0 Å². The molecule has 1 saturated carbocycles. The first kappa shape index (κ1) is 11.2. The van der Waals surface area contributed by atoms with E-state index in [1.165, 1.54) is 32.2 Å². The van der Waals surface area contributed by atoms with E-state index >= 15 is 0 Å². The van der Waals surface area contributed by atoms with Crippen LogP contribution in [0.5, 0.6) is 0 Å². The van der Waals surface area contributed by atoms with Gasteiger partial charge in [0.15, 0.2) is 0 Å². The van der Waals surface area contributed by atoms with Gasteiger partial charge in [-0.2, -0.15) is 0 Å².